The normalized spacial score (nSPS) is 12.6. The fraction of sp³-hybridized carbons (Fsp3) is 0.345. The van der Waals surface area contributed by atoms with Gasteiger partial charge in [-0.3, -0.25) is 14.4 Å². The lowest BCUT2D eigenvalue weighted by atomic mass is 9.95. The number of hydrogen-bond acceptors (Lipinski definition) is 3. The number of hydrogen-bond donors (Lipinski definition) is 3. The van der Waals surface area contributed by atoms with Crippen LogP contribution >= 0.6 is 0 Å². The van der Waals surface area contributed by atoms with E-state index in [1.54, 1.807) is 0 Å². The number of fused-ring (bicyclic) bond motifs is 1. The Morgan fingerprint density at radius 1 is 0.829 bits per heavy atom. The van der Waals surface area contributed by atoms with Gasteiger partial charge in [0.05, 0.1) is 6.42 Å². The van der Waals surface area contributed by atoms with E-state index in [1.807, 2.05) is 72.8 Å². The first kappa shape index (κ1) is 25.9. The Hall–Kier alpha value is -3.67. The number of unbranched alkanes of at least 4 members (excludes halogenated alkanes) is 2. The Kier molecular flexibility index (Phi) is 9.84. The van der Waals surface area contributed by atoms with E-state index >= 15 is 0 Å². The fourth-order valence-corrected chi connectivity index (χ4v) is 4.19. The number of benzene rings is 3. The average molecular weight is 475 g/mol. The van der Waals surface area contributed by atoms with Crippen LogP contribution < -0.4 is 10.6 Å². The van der Waals surface area contributed by atoms with Gasteiger partial charge in [-0.05, 0) is 28.3 Å². The van der Waals surface area contributed by atoms with Gasteiger partial charge in [-0.2, -0.15) is 0 Å². The molecule has 35 heavy (non-hydrogen) atoms. The Morgan fingerprint density at radius 3 is 2.26 bits per heavy atom. The van der Waals surface area contributed by atoms with Gasteiger partial charge in [-0.1, -0.05) is 99.0 Å². The van der Waals surface area contributed by atoms with Gasteiger partial charge in [0.2, 0.25) is 11.8 Å². The molecule has 3 rings (SSSR count). The third kappa shape index (κ3) is 8.25. The summed E-state index contributed by atoms with van der Waals surface area (Å²) in [5.41, 5.74) is 1.88. The van der Waals surface area contributed by atoms with Gasteiger partial charge in [-0.25, -0.2) is 0 Å². The zero-order valence-electron chi connectivity index (χ0n) is 20.2. The Bertz CT molecular complexity index is 1130. The molecule has 6 heteroatoms. The van der Waals surface area contributed by atoms with Crippen molar-refractivity contribution in [1.82, 2.24) is 10.6 Å². The second-order valence-corrected chi connectivity index (χ2v) is 8.94. The minimum absolute atomic E-state index is 0.246. The van der Waals surface area contributed by atoms with Crippen molar-refractivity contribution in [2.75, 3.05) is 0 Å². The highest BCUT2D eigenvalue weighted by molar-refractivity contribution is 5.90. The zero-order chi connectivity index (χ0) is 25.0. The number of carbonyl (C=O) groups is 3. The zero-order valence-corrected chi connectivity index (χ0v) is 20.2. The van der Waals surface area contributed by atoms with Crippen LogP contribution in [0, 0.1) is 5.92 Å². The summed E-state index contributed by atoms with van der Waals surface area (Å²) in [6.45, 7) is 2.40. The van der Waals surface area contributed by atoms with E-state index in [4.69, 9.17) is 0 Å². The van der Waals surface area contributed by atoms with Crippen LogP contribution in [0.3, 0.4) is 0 Å². The van der Waals surface area contributed by atoms with Gasteiger partial charge in [0.25, 0.3) is 0 Å². The van der Waals surface area contributed by atoms with Crippen molar-refractivity contribution in [1.29, 1.82) is 0 Å². The SMILES string of the molecule is CCCCC[C@H](CC(=O)O)C(=O)N[C@@H](Cc1ccc2ccccc2c1)C(=O)NCc1ccccc1. The summed E-state index contributed by atoms with van der Waals surface area (Å²) in [5.74, 6) is -2.36. The van der Waals surface area contributed by atoms with Crippen LogP contribution in [0.2, 0.25) is 0 Å². The van der Waals surface area contributed by atoms with Crippen LogP contribution in [0.25, 0.3) is 10.8 Å². The average Bonchev–Trinajstić information content (AvgIpc) is 2.86. The number of nitrogens with one attached hydrogen (secondary N) is 2. The first-order valence-electron chi connectivity index (χ1n) is 12.3. The molecule has 3 aromatic rings. The highest BCUT2D eigenvalue weighted by atomic mass is 16.4. The van der Waals surface area contributed by atoms with Gasteiger partial charge in [0, 0.05) is 18.9 Å². The number of rotatable bonds is 13. The maximum absolute atomic E-state index is 13.2. The Balaban J connectivity index is 1.77. The smallest absolute Gasteiger partial charge is 0.304 e. The molecular weight excluding hydrogens is 440 g/mol. The summed E-state index contributed by atoms with van der Waals surface area (Å²) < 4.78 is 0. The minimum Gasteiger partial charge on any atom is -0.481 e. The molecule has 0 saturated carbocycles. The molecule has 0 spiro atoms. The van der Waals surface area contributed by atoms with Gasteiger partial charge in [-0.15, -0.1) is 0 Å². The lowest BCUT2D eigenvalue weighted by Crippen LogP contribution is -2.49. The largest absolute Gasteiger partial charge is 0.481 e. The summed E-state index contributed by atoms with van der Waals surface area (Å²) >= 11 is 0. The molecule has 3 aromatic carbocycles. The Morgan fingerprint density at radius 2 is 1.54 bits per heavy atom. The molecule has 0 unspecified atom stereocenters. The van der Waals surface area contributed by atoms with Crippen molar-refractivity contribution in [3.8, 4) is 0 Å². The van der Waals surface area contributed by atoms with E-state index in [9.17, 15) is 19.5 Å². The highest BCUT2D eigenvalue weighted by Gasteiger charge is 2.27. The Labute approximate surface area is 206 Å². The molecule has 0 aliphatic rings. The van der Waals surface area contributed by atoms with E-state index < -0.39 is 17.9 Å². The van der Waals surface area contributed by atoms with Crippen molar-refractivity contribution in [3.63, 3.8) is 0 Å². The van der Waals surface area contributed by atoms with Crippen LogP contribution in [0.1, 0.15) is 50.2 Å². The summed E-state index contributed by atoms with van der Waals surface area (Å²) in [6.07, 6.45) is 3.24. The molecule has 3 N–H and O–H groups in total. The lowest BCUT2D eigenvalue weighted by Gasteiger charge is -2.22. The molecule has 0 aliphatic carbocycles. The van der Waals surface area contributed by atoms with E-state index in [1.165, 1.54) is 0 Å². The van der Waals surface area contributed by atoms with Crippen LogP contribution in [0.5, 0.6) is 0 Å². The van der Waals surface area contributed by atoms with Crippen molar-refractivity contribution >= 4 is 28.6 Å². The molecule has 0 bridgehead atoms. The molecule has 0 saturated heterocycles. The van der Waals surface area contributed by atoms with Crippen molar-refractivity contribution in [3.05, 3.63) is 83.9 Å². The highest BCUT2D eigenvalue weighted by Crippen LogP contribution is 2.18. The molecule has 2 amide bonds. The van der Waals surface area contributed by atoms with Crippen LogP contribution in [0.15, 0.2) is 72.8 Å². The third-order valence-corrected chi connectivity index (χ3v) is 6.14. The molecule has 0 heterocycles. The van der Waals surface area contributed by atoms with Crippen molar-refractivity contribution in [2.24, 2.45) is 5.92 Å². The molecule has 184 valence electrons. The topological polar surface area (TPSA) is 95.5 Å². The number of amides is 2. The van der Waals surface area contributed by atoms with Crippen LogP contribution in [0.4, 0.5) is 0 Å². The van der Waals surface area contributed by atoms with E-state index in [-0.39, 0.29) is 18.2 Å². The molecular formula is C29H34N2O4. The van der Waals surface area contributed by atoms with Crippen LogP contribution in [-0.4, -0.2) is 28.9 Å². The van der Waals surface area contributed by atoms with Gasteiger partial charge in [0.1, 0.15) is 6.04 Å². The molecule has 0 aliphatic heterocycles. The maximum Gasteiger partial charge on any atom is 0.304 e. The quantitative estimate of drug-likeness (QED) is 0.309. The monoisotopic (exact) mass is 474 g/mol. The second kappa shape index (κ2) is 13.3. The second-order valence-electron chi connectivity index (χ2n) is 8.94. The molecule has 0 aromatic heterocycles. The summed E-state index contributed by atoms with van der Waals surface area (Å²) in [4.78, 5) is 37.7. The van der Waals surface area contributed by atoms with E-state index in [0.29, 0.717) is 19.4 Å². The summed E-state index contributed by atoms with van der Waals surface area (Å²) in [7, 11) is 0. The third-order valence-electron chi connectivity index (χ3n) is 6.14. The van der Waals surface area contributed by atoms with E-state index in [0.717, 1.165) is 41.2 Å². The maximum atomic E-state index is 13.2. The predicted molar refractivity (Wildman–Crippen MR) is 138 cm³/mol. The molecule has 0 radical (unpaired) electrons. The molecule has 6 nitrogen and oxygen atoms in total. The predicted octanol–water partition coefficient (Wildman–Crippen LogP) is 4.85. The van der Waals surface area contributed by atoms with Gasteiger partial charge in [0.15, 0.2) is 0 Å². The van der Waals surface area contributed by atoms with Crippen molar-refractivity contribution < 1.29 is 19.5 Å². The first-order chi connectivity index (χ1) is 17.0. The van der Waals surface area contributed by atoms with Crippen molar-refractivity contribution in [2.45, 2.75) is 58.0 Å². The van der Waals surface area contributed by atoms with Gasteiger partial charge >= 0.3 is 5.97 Å². The number of carboxylic acids is 1. The number of carboxylic acid groups (broad SMARTS) is 1. The minimum atomic E-state index is -1.01. The summed E-state index contributed by atoms with van der Waals surface area (Å²) in [5, 5.41) is 17.3. The van der Waals surface area contributed by atoms with Crippen LogP contribution in [-0.2, 0) is 27.3 Å². The number of aliphatic carboxylic acids is 1. The lowest BCUT2D eigenvalue weighted by molar-refractivity contribution is -0.141. The van der Waals surface area contributed by atoms with E-state index in [2.05, 4.69) is 17.6 Å². The number of carbonyl (C=O) groups excluding carboxylic acids is 2. The molecule has 2 atom stereocenters. The van der Waals surface area contributed by atoms with Gasteiger partial charge < -0.3 is 15.7 Å². The fourth-order valence-electron chi connectivity index (χ4n) is 4.19. The molecule has 0 fully saturated rings. The first-order valence-corrected chi connectivity index (χ1v) is 12.3. The standard InChI is InChI=1S/C29H34N2O4/c1-2-3-5-14-25(19-27(32)33)28(34)31-26(29(35)30-20-21-10-6-4-7-11-21)18-22-15-16-23-12-8-9-13-24(23)17-22/h4,6-13,15-17,25-26H,2-3,5,14,18-20H2,1H3,(H,30,35)(H,31,34)(H,32,33)/t25-,26+/m1/s1. The summed E-state index contributed by atoms with van der Waals surface area (Å²) in [6, 6.07) is 22.7.